The van der Waals surface area contributed by atoms with E-state index in [1.165, 1.54) is 38.0 Å². The number of ether oxygens (including phenoxy) is 4. The summed E-state index contributed by atoms with van der Waals surface area (Å²) in [5.74, 6) is 1.05. The van der Waals surface area contributed by atoms with Gasteiger partial charge in [-0.2, -0.15) is 0 Å². The zero-order chi connectivity index (χ0) is 32.4. The van der Waals surface area contributed by atoms with Crippen molar-refractivity contribution in [3.8, 4) is 17.2 Å². The molecule has 2 aliphatic rings. The second-order valence-corrected chi connectivity index (χ2v) is 11.9. The molecule has 45 heavy (non-hydrogen) atoms. The molecule has 0 N–H and O–H groups in total. The lowest BCUT2D eigenvalue weighted by Gasteiger charge is -2.33. The standard InChI is InChI=1S/C32H36N4O8S/c1-7-44-31(38)27-19(3)33-32-35(28(27)21-15-24(41-4)29(43-6)25(16-21)42-5)30(37)26(45-32)17-20-14-22(36(39)40)8-9-23(20)34-12-10-18(2)11-13-34/h8-9,14-18,28H,7,10-13H2,1-6H3/b26-17+/t28-/m1/s1. The van der Waals surface area contributed by atoms with Crippen molar-refractivity contribution < 1.29 is 28.7 Å². The van der Waals surface area contributed by atoms with E-state index in [0.717, 1.165) is 43.0 Å². The van der Waals surface area contributed by atoms with Crippen LogP contribution in [-0.2, 0) is 9.53 Å². The van der Waals surface area contributed by atoms with Gasteiger partial charge >= 0.3 is 5.97 Å². The van der Waals surface area contributed by atoms with E-state index in [0.29, 0.717) is 49.3 Å². The minimum atomic E-state index is -0.927. The molecule has 0 radical (unpaired) electrons. The van der Waals surface area contributed by atoms with Crippen LogP contribution in [0, 0.1) is 16.0 Å². The van der Waals surface area contributed by atoms with Crippen LogP contribution in [0.15, 0.2) is 51.4 Å². The number of nitro benzene ring substituents is 1. The highest BCUT2D eigenvalue weighted by Crippen LogP contribution is 2.42. The number of aromatic nitrogens is 1. The summed E-state index contributed by atoms with van der Waals surface area (Å²) in [6.45, 7) is 7.37. The minimum Gasteiger partial charge on any atom is -0.493 e. The van der Waals surface area contributed by atoms with Crippen molar-refractivity contribution in [3.05, 3.63) is 82.5 Å². The third kappa shape index (κ3) is 6.04. The quantitative estimate of drug-likeness (QED) is 0.194. The number of allylic oxidation sites excluding steroid dienone is 1. The summed E-state index contributed by atoms with van der Waals surface area (Å²) < 4.78 is 23.8. The van der Waals surface area contributed by atoms with Crippen LogP contribution >= 0.6 is 11.3 Å². The molecule has 13 heteroatoms. The fourth-order valence-corrected chi connectivity index (χ4v) is 6.85. The van der Waals surface area contributed by atoms with Gasteiger partial charge in [0.05, 0.1) is 54.7 Å². The summed E-state index contributed by atoms with van der Waals surface area (Å²) in [6.07, 6.45) is 3.69. The summed E-state index contributed by atoms with van der Waals surface area (Å²) >= 11 is 1.15. The number of non-ortho nitro benzene ring substituents is 1. The molecule has 1 aromatic heterocycles. The number of methoxy groups -OCH3 is 3. The van der Waals surface area contributed by atoms with E-state index in [1.54, 1.807) is 38.1 Å². The van der Waals surface area contributed by atoms with Crippen LogP contribution in [-0.4, -0.2) is 56.5 Å². The Hall–Kier alpha value is -4.65. The zero-order valence-corrected chi connectivity index (χ0v) is 26.9. The SMILES string of the molecule is CCOC(=O)C1=C(C)N=c2s/c(=C/c3cc([N+](=O)[O-])ccc3N3CCC(C)CC3)c(=O)n2[C@@H]1c1cc(OC)c(OC)c(OC)c1. The van der Waals surface area contributed by atoms with Crippen molar-refractivity contribution in [1.82, 2.24) is 4.57 Å². The van der Waals surface area contributed by atoms with Gasteiger partial charge in [0.1, 0.15) is 0 Å². The van der Waals surface area contributed by atoms with E-state index in [1.807, 2.05) is 0 Å². The Kier molecular flexibility index (Phi) is 9.28. The van der Waals surface area contributed by atoms with Gasteiger partial charge in [0, 0.05) is 36.5 Å². The normalized spacial score (nSPS) is 17.1. The van der Waals surface area contributed by atoms with Crippen LogP contribution in [0.3, 0.4) is 0 Å². The van der Waals surface area contributed by atoms with Crippen molar-refractivity contribution in [2.75, 3.05) is 45.9 Å². The van der Waals surface area contributed by atoms with Crippen LogP contribution < -0.4 is 34.0 Å². The number of rotatable bonds is 9. The Morgan fingerprint density at radius 1 is 1.11 bits per heavy atom. The first-order valence-corrected chi connectivity index (χ1v) is 15.5. The first kappa shape index (κ1) is 31.8. The van der Waals surface area contributed by atoms with Crippen LogP contribution in [0.4, 0.5) is 11.4 Å². The number of piperidine rings is 1. The van der Waals surface area contributed by atoms with Gasteiger partial charge < -0.3 is 23.8 Å². The molecule has 3 heterocycles. The Balaban J connectivity index is 1.75. The highest BCUT2D eigenvalue weighted by atomic mass is 32.1. The van der Waals surface area contributed by atoms with Crippen LogP contribution in [0.2, 0.25) is 0 Å². The molecular formula is C32H36N4O8S. The van der Waals surface area contributed by atoms with Gasteiger partial charge in [-0.1, -0.05) is 18.3 Å². The van der Waals surface area contributed by atoms with Gasteiger partial charge in [0.15, 0.2) is 16.3 Å². The van der Waals surface area contributed by atoms with E-state index >= 15 is 0 Å². The van der Waals surface area contributed by atoms with Crippen molar-refractivity contribution in [3.63, 3.8) is 0 Å². The second-order valence-electron chi connectivity index (χ2n) is 10.9. The molecule has 238 valence electrons. The van der Waals surface area contributed by atoms with Crippen molar-refractivity contribution in [2.45, 2.75) is 39.7 Å². The first-order valence-electron chi connectivity index (χ1n) is 14.6. The molecule has 0 saturated carbocycles. The number of esters is 1. The highest BCUT2D eigenvalue weighted by Gasteiger charge is 2.35. The van der Waals surface area contributed by atoms with Crippen LogP contribution in [0.1, 0.15) is 50.8 Å². The van der Waals surface area contributed by atoms with Crippen LogP contribution in [0.5, 0.6) is 17.2 Å². The van der Waals surface area contributed by atoms with Gasteiger partial charge in [-0.05, 0) is 62.4 Å². The highest BCUT2D eigenvalue weighted by molar-refractivity contribution is 7.07. The van der Waals surface area contributed by atoms with Gasteiger partial charge in [0.25, 0.3) is 11.2 Å². The van der Waals surface area contributed by atoms with Crippen molar-refractivity contribution in [1.29, 1.82) is 0 Å². The molecule has 0 amide bonds. The molecule has 0 aliphatic carbocycles. The minimum absolute atomic E-state index is 0.0705. The monoisotopic (exact) mass is 636 g/mol. The molecule has 1 saturated heterocycles. The molecule has 2 aliphatic heterocycles. The predicted octanol–water partition coefficient (Wildman–Crippen LogP) is 3.97. The number of carbonyl (C=O) groups excluding carboxylic acids is 1. The summed E-state index contributed by atoms with van der Waals surface area (Å²) in [7, 11) is 4.46. The first-order chi connectivity index (χ1) is 21.6. The van der Waals surface area contributed by atoms with Gasteiger partial charge in [-0.3, -0.25) is 19.5 Å². The fraction of sp³-hybridized carbons (Fsp3) is 0.406. The Labute approximate surface area is 264 Å². The Morgan fingerprint density at radius 2 is 1.78 bits per heavy atom. The molecule has 1 fully saturated rings. The molecule has 0 bridgehead atoms. The number of benzene rings is 2. The maximum Gasteiger partial charge on any atom is 0.338 e. The lowest BCUT2D eigenvalue weighted by atomic mass is 9.95. The lowest BCUT2D eigenvalue weighted by molar-refractivity contribution is -0.384. The van der Waals surface area contributed by atoms with E-state index in [-0.39, 0.29) is 17.9 Å². The molecule has 2 aromatic carbocycles. The molecule has 5 rings (SSSR count). The molecule has 0 spiro atoms. The summed E-state index contributed by atoms with van der Waals surface area (Å²) in [5.41, 5.74) is 2.03. The average molecular weight is 637 g/mol. The molecule has 1 atom stereocenters. The molecule has 0 unspecified atom stereocenters. The largest absolute Gasteiger partial charge is 0.493 e. The molecular weight excluding hydrogens is 600 g/mol. The number of hydrogen-bond donors (Lipinski definition) is 0. The number of anilines is 1. The predicted molar refractivity (Wildman–Crippen MR) is 170 cm³/mol. The van der Waals surface area contributed by atoms with Gasteiger partial charge in [-0.25, -0.2) is 9.79 Å². The van der Waals surface area contributed by atoms with Gasteiger partial charge in [0.2, 0.25) is 5.75 Å². The second kappa shape index (κ2) is 13.1. The van der Waals surface area contributed by atoms with Gasteiger partial charge in [-0.15, -0.1) is 0 Å². The average Bonchev–Trinajstić information content (AvgIpc) is 3.33. The Morgan fingerprint density at radius 3 is 2.36 bits per heavy atom. The number of nitrogens with zero attached hydrogens (tertiary/aromatic N) is 4. The van der Waals surface area contributed by atoms with E-state index in [2.05, 4.69) is 16.8 Å². The number of hydrogen-bond acceptors (Lipinski definition) is 11. The zero-order valence-electron chi connectivity index (χ0n) is 26.1. The fourth-order valence-electron chi connectivity index (χ4n) is 5.82. The molecule has 3 aromatic rings. The number of carbonyl (C=O) groups is 1. The number of nitro groups is 1. The van der Waals surface area contributed by atoms with E-state index < -0.39 is 22.5 Å². The number of thiazole rings is 1. The smallest absolute Gasteiger partial charge is 0.338 e. The third-order valence-corrected chi connectivity index (χ3v) is 9.14. The molecule has 12 nitrogen and oxygen atoms in total. The maximum atomic E-state index is 14.3. The Bertz CT molecular complexity index is 1830. The third-order valence-electron chi connectivity index (χ3n) is 8.15. The topological polar surface area (TPSA) is 135 Å². The summed E-state index contributed by atoms with van der Waals surface area (Å²) in [6, 6.07) is 7.19. The van der Waals surface area contributed by atoms with E-state index in [4.69, 9.17) is 18.9 Å². The van der Waals surface area contributed by atoms with Crippen molar-refractivity contribution >= 4 is 34.8 Å². The lowest BCUT2D eigenvalue weighted by Crippen LogP contribution is -2.40. The number of fused-ring (bicyclic) bond motifs is 1. The maximum absolute atomic E-state index is 14.3. The van der Waals surface area contributed by atoms with Crippen molar-refractivity contribution in [2.24, 2.45) is 10.9 Å². The summed E-state index contributed by atoms with van der Waals surface area (Å²) in [4.78, 5) is 46.2. The summed E-state index contributed by atoms with van der Waals surface area (Å²) in [5, 5.41) is 11.7. The van der Waals surface area contributed by atoms with Crippen LogP contribution in [0.25, 0.3) is 6.08 Å². The van der Waals surface area contributed by atoms with E-state index in [9.17, 15) is 19.7 Å².